The normalized spacial score (nSPS) is 11.6. The van der Waals surface area contributed by atoms with Crippen molar-refractivity contribution in [1.82, 2.24) is 14.5 Å². The number of imidazole rings is 1. The standard InChI is InChI=1S/C20H31N3O2/c1-15(2)12-22(13-16(3)4)20(25)14-23-18-9-6-5-8-17(18)21-19(23)10-7-11-24/h5-6,8-9,15-16,24H,7,10-14H2,1-4H3. The van der Waals surface area contributed by atoms with Gasteiger partial charge in [-0.1, -0.05) is 39.8 Å². The lowest BCUT2D eigenvalue weighted by atomic mass is 10.1. The third-order valence-electron chi connectivity index (χ3n) is 4.11. The largest absolute Gasteiger partial charge is 0.396 e. The molecule has 138 valence electrons. The van der Waals surface area contributed by atoms with Crippen LogP contribution in [-0.4, -0.2) is 45.2 Å². The number of carbonyl (C=O) groups excluding carboxylic acids is 1. The van der Waals surface area contributed by atoms with Crippen LogP contribution in [0.1, 0.15) is 39.9 Å². The van der Waals surface area contributed by atoms with E-state index in [4.69, 9.17) is 5.11 Å². The van der Waals surface area contributed by atoms with Crippen LogP contribution in [0, 0.1) is 11.8 Å². The molecule has 5 heteroatoms. The number of aliphatic hydroxyl groups is 1. The van der Waals surface area contributed by atoms with Gasteiger partial charge < -0.3 is 14.6 Å². The average Bonchev–Trinajstić information content (AvgIpc) is 2.89. The maximum Gasteiger partial charge on any atom is 0.242 e. The van der Waals surface area contributed by atoms with Gasteiger partial charge in [0.05, 0.1) is 11.0 Å². The van der Waals surface area contributed by atoms with Crippen LogP contribution in [0.2, 0.25) is 0 Å². The quantitative estimate of drug-likeness (QED) is 0.760. The number of amides is 1. The molecule has 0 bridgehead atoms. The first kappa shape index (κ1) is 19.4. The van der Waals surface area contributed by atoms with Crippen LogP contribution in [0.15, 0.2) is 24.3 Å². The van der Waals surface area contributed by atoms with Crippen LogP contribution in [-0.2, 0) is 17.8 Å². The summed E-state index contributed by atoms with van der Waals surface area (Å²) in [4.78, 5) is 19.6. The van der Waals surface area contributed by atoms with Crippen molar-refractivity contribution in [2.45, 2.75) is 47.1 Å². The Morgan fingerprint density at radius 3 is 2.40 bits per heavy atom. The molecule has 1 N–H and O–H groups in total. The molecule has 0 radical (unpaired) electrons. The van der Waals surface area contributed by atoms with E-state index in [2.05, 4.69) is 32.7 Å². The van der Waals surface area contributed by atoms with Gasteiger partial charge in [0.2, 0.25) is 5.91 Å². The molecule has 2 aromatic rings. The number of hydrogen-bond donors (Lipinski definition) is 1. The first-order valence-electron chi connectivity index (χ1n) is 9.25. The van der Waals surface area contributed by atoms with Gasteiger partial charge >= 0.3 is 0 Å². The molecule has 0 aliphatic carbocycles. The Balaban J connectivity index is 2.28. The summed E-state index contributed by atoms with van der Waals surface area (Å²) in [5.41, 5.74) is 1.89. The Morgan fingerprint density at radius 2 is 1.80 bits per heavy atom. The smallest absolute Gasteiger partial charge is 0.242 e. The van der Waals surface area contributed by atoms with Crippen LogP contribution < -0.4 is 0 Å². The fraction of sp³-hybridized carbons (Fsp3) is 0.600. The lowest BCUT2D eigenvalue weighted by molar-refractivity contribution is -0.132. The molecule has 0 aliphatic heterocycles. The Morgan fingerprint density at radius 1 is 1.16 bits per heavy atom. The maximum atomic E-state index is 13.0. The zero-order chi connectivity index (χ0) is 18.4. The van der Waals surface area contributed by atoms with Crippen molar-refractivity contribution in [3.63, 3.8) is 0 Å². The number of para-hydroxylation sites is 2. The molecule has 25 heavy (non-hydrogen) atoms. The van der Waals surface area contributed by atoms with Crippen molar-refractivity contribution < 1.29 is 9.90 Å². The predicted molar refractivity (Wildman–Crippen MR) is 101 cm³/mol. The lowest BCUT2D eigenvalue weighted by Gasteiger charge is -2.27. The molecule has 1 amide bonds. The van der Waals surface area contributed by atoms with E-state index in [9.17, 15) is 4.79 Å². The number of aromatic nitrogens is 2. The van der Waals surface area contributed by atoms with E-state index in [1.165, 1.54) is 0 Å². The SMILES string of the molecule is CC(C)CN(CC(C)C)C(=O)Cn1c(CCCO)nc2ccccc21. The summed E-state index contributed by atoms with van der Waals surface area (Å²) < 4.78 is 2.01. The number of rotatable bonds is 9. The Kier molecular flexibility index (Phi) is 7.00. The summed E-state index contributed by atoms with van der Waals surface area (Å²) >= 11 is 0. The van der Waals surface area contributed by atoms with E-state index in [1.54, 1.807) is 0 Å². The first-order chi connectivity index (χ1) is 11.9. The Bertz CT molecular complexity index is 681. The summed E-state index contributed by atoms with van der Waals surface area (Å²) in [5.74, 6) is 1.89. The molecule has 0 atom stereocenters. The van der Waals surface area contributed by atoms with Gasteiger partial charge in [-0.2, -0.15) is 0 Å². The summed E-state index contributed by atoms with van der Waals surface area (Å²) in [6.45, 7) is 10.5. The lowest BCUT2D eigenvalue weighted by Crippen LogP contribution is -2.39. The van der Waals surface area contributed by atoms with Gasteiger partial charge in [0.1, 0.15) is 12.4 Å². The molecular formula is C20H31N3O2. The van der Waals surface area contributed by atoms with Crippen LogP contribution >= 0.6 is 0 Å². The molecule has 2 rings (SSSR count). The highest BCUT2D eigenvalue weighted by Crippen LogP contribution is 2.18. The fourth-order valence-corrected chi connectivity index (χ4v) is 3.12. The summed E-state index contributed by atoms with van der Waals surface area (Å²) in [5, 5.41) is 9.15. The fourth-order valence-electron chi connectivity index (χ4n) is 3.12. The van der Waals surface area contributed by atoms with E-state index in [1.807, 2.05) is 33.7 Å². The van der Waals surface area contributed by atoms with E-state index in [0.29, 0.717) is 31.2 Å². The van der Waals surface area contributed by atoms with Crippen LogP contribution in [0.4, 0.5) is 0 Å². The second-order valence-electron chi connectivity index (χ2n) is 7.52. The number of benzene rings is 1. The molecule has 5 nitrogen and oxygen atoms in total. The van der Waals surface area contributed by atoms with Gasteiger partial charge in [-0.15, -0.1) is 0 Å². The monoisotopic (exact) mass is 345 g/mol. The minimum absolute atomic E-state index is 0.129. The van der Waals surface area contributed by atoms with Crippen LogP contribution in [0.25, 0.3) is 11.0 Å². The van der Waals surface area contributed by atoms with Crippen molar-refractivity contribution in [1.29, 1.82) is 0 Å². The predicted octanol–water partition coefficient (Wildman–Crippen LogP) is 3.10. The third kappa shape index (κ3) is 5.30. The minimum Gasteiger partial charge on any atom is -0.396 e. The van der Waals surface area contributed by atoms with E-state index < -0.39 is 0 Å². The molecule has 1 aromatic carbocycles. The zero-order valence-electron chi connectivity index (χ0n) is 15.9. The van der Waals surface area contributed by atoms with Crippen LogP contribution in [0.3, 0.4) is 0 Å². The Labute approximate surface area is 150 Å². The summed E-state index contributed by atoms with van der Waals surface area (Å²) in [6, 6.07) is 7.91. The molecule has 0 saturated carbocycles. The van der Waals surface area contributed by atoms with E-state index in [-0.39, 0.29) is 12.5 Å². The van der Waals surface area contributed by atoms with E-state index >= 15 is 0 Å². The molecule has 1 heterocycles. The number of carbonyl (C=O) groups is 1. The molecule has 0 saturated heterocycles. The Hall–Kier alpha value is -1.88. The molecule has 1 aromatic heterocycles. The number of nitrogens with zero attached hydrogens (tertiary/aromatic N) is 3. The molecule has 0 fully saturated rings. The third-order valence-corrected chi connectivity index (χ3v) is 4.11. The van der Waals surface area contributed by atoms with Gasteiger partial charge in [0.15, 0.2) is 0 Å². The maximum absolute atomic E-state index is 13.0. The number of aryl methyl sites for hydroxylation is 1. The summed E-state index contributed by atoms with van der Waals surface area (Å²) in [7, 11) is 0. The molecular weight excluding hydrogens is 314 g/mol. The van der Waals surface area contributed by atoms with Crippen molar-refractivity contribution in [2.24, 2.45) is 11.8 Å². The van der Waals surface area contributed by atoms with E-state index in [0.717, 1.165) is 29.9 Å². The van der Waals surface area contributed by atoms with Gasteiger partial charge in [-0.25, -0.2) is 4.98 Å². The van der Waals surface area contributed by atoms with Crippen molar-refractivity contribution in [2.75, 3.05) is 19.7 Å². The number of hydrogen-bond acceptors (Lipinski definition) is 3. The van der Waals surface area contributed by atoms with Crippen molar-refractivity contribution in [3.05, 3.63) is 30.1 Å². The van der Waals surface area contributed by atoms with Crippen LogP contribution in [0.5, 0.6) is 0 Å². The molecule has 0 unspecified atom stereocenters. The zero-order valence-corrected chi connectivity index (χ0v) is 15.9. The number of aliphatic hydroxyl groups excluding tert-OH is 1. The molecule has 0 spiro atoms. The highest BCUT2D eigenvalue weighted by molar-refractivity contribution is 5.81. The summed E-state index contributed by atoms with van der Waals surface area (Å²) in [6.07, 6.45) is 1.33. The van der Waals surface area contributed by atoms with Gasteiger partial charge in [-0.3, -0.25) is 4.79 Å². The van der Waals surface area contributed by atoms with Gasteiger partial charge in [0, 0.05) is 26.1 Å². The molecule has 0 aliphatic rings. The highest BCUT2D eigenvalue weighted by atomic mass is 16.3. The number of fused-ring (bicyclic) bond motifs is 1. The second-order valence-corrected chi connectivity index (χ2v) is 7.52. The average molecular weight is 345 g/mol. The minimum atomic E-state index is 0.129. The van der Waals surface area contributed by atoms with Gasteiger partial charge in [0.25, 0.3) is 0 Å². The highest BCUT2D eigenvalue weighted by Gasteiger charge is 2.19. The topological polar surface area (TPSA) is 58.4 Å². The first-order valence-corrected chi connectivity index (χ1v) is 9.25. The van der Waals surface area contributed by atoms with Crippen molar-refractivity contribution in [3.8, 4) is 0 Å². The second kappa shape index (κ2) is 8.99. The van der Waals surface area contributed by atoms with Gasteiger partial charge in [-0.05, 0) is 30.4 Å². The van der Waals surface area contributed by atoms with Crippen molar-refractivity contribution >= 4 is 16.9 Å².